The van der Waals surface area contributed by atoms with Crippen molar-refractivity contribution in [3.05, 3.63) is 23.8 Å². The summed E-state index contributed by atoms with van der Waals surface area (Å²) in [5.74, 6) is -1.16. The van der Waals surface area contributed by atoms with E-state index in [2.05, 4.69) is 15.0 Å². The fraction of sp³-hybridized carbons (Fsp3) is 0.333. The third-order valence-corrected chi connectivity index (χ3v) is 1.64. The number of anilines is 1. The summed E-state index contributed by atoms with van der Waals surface area (Å²) >= 11 is 0. The van der Waals surface area contributed by atoms with Crippen LogP contribution in [-0.4, -0.2) is 24.6 Å². The first-order valence-corrected chi connectivity index (χ1v) is 4.16. The number of carbonyl (C=O) groups is 1. The highest BCUT2D eigenvalue weighted by Crippen LogP contribution is 2.15. The maximum atomic E-state index is 12.7. The molecule has 0 radical (unpaired) electrons. The van der Waals surface area contributed by atoms with E-state index < -0.39 is 11.9 Å². The van der Waals surface area contributed by atoms with Crippen LogP contribution in [0.4, 0.5) is 10.1 Å². The second-order valence-electron chi connectivity index (χ2n) is 2.57. The molecular weight excluding hydrogens is 187 g/mol. The Bertz CT molecular complexity index is 342. The molecule has 14 heavy (non-hydrogen) atoms. The second-order valence-corrected chi connectivity index (χ2v) is 2.57. The molecule has 1 N–H and O–H groups in total. The van der Waals surface area contributed by atoms with Gasteiger partial charge in [0.05, 0.1) is 12.8 Å². The molecule has 1 aromatic rings. The predicted octanol–water partition coefficient (Wildman–Crippen LogP) is 1.44. The fourth-order valence-electron chi connectivity index (χ4n) is 1.04. The van der Waals surface area contributed by atoms with E-state index in [1.807, 2.05) is 6.92 Å². The zero-order chi connectivity index (χ0) is 10.6. The standard InChI is InChI=1S/C9H11FN2O2/c1-3-11-7-4-8(10)12-5-6(7)9(13)14-2/h4-5H,3H2,1-2H3,(H,11,12). The van der Waals surface area contributed by atoms with Crippen LogP contribution in [0.5, 0.6) is 0 Å². The molecule has 0 fully saturated rings. The van der Waals surface area contributed by atoms with Gasteiger partial charge in [-0.05, 0) is 6.92 Å². The van der Waals surface area contributed by atoms with Crippen LogP contribution in [-0.2, 0) is 4.74 Å². The molecule has 1 rings (SSSR count). The molecule has 0 saturated carbocycles. The Morgan fingerprint density at radius 2 is 2.43 bits per heavy atom. The van der Waals surface area contributed by atoms with Crippen molar-refractivity contribution in [2.45, 2.75) is 6.92 Å². The maximum Gasteiger partial charge on any atom is 0.341 e. The van der Waals surface area contributed by atoms with Crippen molar-refractivity contribution in [3.63, 3.8) is 0 Å². The van der Waals surface area contributed by atoms with Crippen molar-refractivity contribution >= 4 is 11.7 Å². The second kappa shape index (κ2) is 4.55. The number of halogens is 1. The summed E-state index contributed by atoms with van der Waals surface area (Å²) in [4.78, 5) is 14.6. The number of nitrogens with zero attached hydrogens (tertiary/aromatic N) is 1. The van der Waals surface area contributed by atoms with E-state index in [0.717, 1.165) is 12.3 Å². The summed E-state index contributed by atoms with van der Waals surface area (Å²) in [6.45, 7) is 2.44. The molecular formula is C9H11FN2O2. The third kappa shape index (κ3) is 2.18. The van der Waals surface area contributed by atoms with Gasteiger partial charge in [0.15, 0.2) is 0 Å². The topological polar surface area (TPSA) is 51.2 Å². The molecule has 0 saturated heterocycles. The van der Waals surface area contributed by atoms with Crippen molar-refractivity contribution in [1.82, 2.24) is 4.98 Å². The Kier molecular flexibility index (Phi) is 3.39. The zero-order valence-electron chi connectivity index (χ0n) is 8.00. The van der Waals surface area contributed by atoms with Crippen LogP contribution < -0.4 is 5.32 Å². The molecule has 0 aliphatic heterocycles. The minimum atomic E-state index is -0.631. The molecule has 0 aliphatic carbocycles. The van der Waals surface area contributed by atoms with Crippen molar-refractivity contribution in [2.24, 2.45) is 0 Å². The molecule has 76 valence electrons. The van der Waals surface area contributed by atoms with Gasteiger partial charge < -0.3 is 10.1 Å². The van der Waals surface area contributed by atoms with Crippen LogP contribution in [0.25, 0.3) is 0 Å². The summed E-state index contributed by atoms with van der Waals surface area (Å²) in [5.41, 5.74) is 0.627. The van der Waals surface area contributed by atoms with E-state index in [1.54, 1.807) is 0 Å². The molecule has 0 unspecified atom stereocenters. The number of rotatable bonds is 3. The maximum absolute atomic E-state index is 12.7. The van der Waals surface area contributed by atoms with Gasteiger partial charge in [-0.2, -0.15) is 4.39 Å². The number of carbonyl (C=O) groups excluding carboxylic acids is 1. The highest BCUT2D eigenvalue weighted by atomic mass is 19.1. The predicted molar refractivity (Wildman–Crippen MR) is 49.7 cm³/mol. The summed E-state index contributed by atoms with van der Waals surface area (Å²) < 4.78 is 17.3. The first-order valence-electron chi connectivity index (χ1n) is 4.16. The summed E-state index contributed by atoms with van der Waals surface area (Å²) in [5, 5.41) is 2.85. The zero-order valence-corrected chi connectivity index (χ0v) is 8.00. The lowest BCUT2D eigenvalue weighted by Gasteiger charge is -2.07. The molecule has 0 aromatic carbocycles. The monoisotopic (exact) mass is 198 g/mol. The average molecular weight is 198 g/mol. The van der Waals surface area contributed by atoms with Crippen LogP contribution in [0.3, 0.4) is 0 Å². The molecule has 4 nitrogen and oxygen atoms in total. The van der Waals surface area contributed by atoms with Crippen molar-refractivity contribution < 1.29 is 13.9 Å². The van der Waals surface area contributed by atoms with Crippen molar-refractivity contribution in [3.8, 4) is 0 Å². The van der Waals surface area contributed by atoms with Crippen molar-refractivity contribution in [1.29, 1.82) is 0 Å². The van der Waals surface area contributed by atoms with Gasteiger partial charge in [0.1, 0.15) is 5.56 Å². The Morgan fingerprint density at radius 1 is 1.71 bits per heavy atom. The lowest BCUT2D eigenvalue weighted by atomic mass is 10.2. The van der Waals surface area contributed by atoms with Gasteiger partial charge in [-0.15, -0.1) is 0 Å². The van der Waals surface area contributed by atoms with Crippen LogP contribution in [0, 0.1) is 5.95 Å². The normalized spacial score (nSPS) is 9.64. The Hall–Kier alpha value is -1.65. The number of ether oxygens (including phenoxy) is 1. The first-order chi connectivity index (χ1) is 6.69. The van der Waals surface area contributed by atoms with Gasteiger partial charge in [0, 0.05) is 18.8 Å². The van der Waals surface area contributed by atoms with E-state index in [1.165, 1.54) is 7.11 Å². The van der Waals surface area contributed by atoms with Gasteiger partial charge in [-0.25, -0.2) is 9.78 Å². The summed E-state index contributed by atoms with van der Waals surface area (Å²) in [6.07, 6.45) is 1.15. The smallest absolute Gasteiger partial charge is 0.341 e. The molecule has 0 atom stereocenters. The fourth-order valence-corrected chi connectivity index (χ4v) is 1.04. The summed E-state index contributed by atoms with van der Waals surface area (Å²) in [6, 6.07) is 1.16. The largest absolute Gasteiger partial charge is 0.465 e. The number of pyridine rings is 1. The van der Waals surface area contributed by atoms with Crippen LogP contribution in [0.15, 0.2) is 12.3 Å². The Labute approximate surface area is 81.1 Å². The van der Waals surface area contributed by atoms with E-state index in [0.29, 0.717) is 12.2 Å². The highest BCUT2D eigenvalue weighted by molar-refractivity contribution is 5.95. The molecule has 0 aliphatic rings. The van der Waals surface area contributed by atoms with E-state index in [9.17, 15) is 9.18 Å². The van der Waals surface area contributed by atoms with Crippen molar-refractivity contribution in [2.75, 3.05) is 19.0 Å². The SMILES string of the molecule is CCNc1cc(F)ncc1C(=O)OC. The molecule has 1 heterocycles. The summed E-state index contributed by atoms with van der Waals surface area (Å²) in [7, 11) is 1.27. The Morgan fingerprint density at radius 3 is 3.00 bits per heavy atom. The quantitative estimate of drug-likeness (QED) is 0.589. The first kappa shape index (κ1) is 10.4. The van der Waals surface area contributed by atoms with Gasteiger partial charge in [0.25, 0.3) is 0 Å². The minimum absolute atomic E-state index is 0.232. The lowest BCUT2D eigenvalue weighted by molar-refractivity contribution is 0.0601. The van der Waals surface area contributed by atoms with E-state index >= 15 is 0 Å². The molecule has 0 bridgehead atoms. The number of nitrogens with one attached hydrogen (secondary N) is 1. The number of hydrogen-bond donors (Lipinski definition) is 1. The van der Waals surface area contributed by atoms with E-state index in [4.69, 9.17) is 0 Å². The molecule has 5 heteroatoms. The third-order valence-electron chi connectivity index (χ3n) is 1.64. The van der Waals surface area contributed by atoms with Crippen LogP contribution in [0.1, 0.15) is 17.3 Å². The number of methoxy groups -OCH3 is 1. The minimum Gasteiger partial charge on any atom is -0.465 e. The van der Waals surface area contributed by atoms with Gasteiger partial charge >= 0.3 is 5.97 Å². The number of esters is 1. The molecule has 0 spiro atoms. The lowest BCUT2D eigenvalue weighted by Crippen LogP contribution is -2.09. The van der Waals surface area contributed by atoms with Gasteiger partial charge in [-0.1, -0.05) is 0 Å². The Balaban J connectivity index is 3.07. The van der Waals surface area contributed by atoms with Crippen LogP contribution >= 0.6 is 0 Å². The van der Waals surface area contributed by atoms with E-state index in [-0.39, 0.29) is 5.56 Å². The van der Waals surface area contributed by atoms with Gasteiger partial charge in [0.2, 0.25) is 5.95 Å². The highest BCUT2D eigenvalue weighted by Gasteiger charge is 2.12. The molecule has 1 aromatic heterocycles. The van der Waals surface area contributed by atoms with Gasteiger partial charge in [-0.3, -0.25) is 0 Å². The molecule has 0 amide bonds. The van der Waals surface area contributed by atoms with Crippen LogP contribution in [0.2, 0.25) is 0 Å². The number of aromatic nitrogens is 1. The number of hydrogen-bond acceptors (Lipinski definition) is 4. The average Bonchev–Trinajstić information content (AvgIpc) is 2.17.